The molecule has 0 aromatic carbocycles. The van der Waals surface area contributed by atoms with Crippen LogP contribution in [0.3, 0.4) is 0 Å². The molecule has 3 rings (SSSR count). The van der Waals surface area contributed by atoms with Crippen LogP contribution in [0.2, 0.25) is 0 Å². The average molecular weight is 326 g/mol. The second-order valence-corrected chi connectivity index (χ2v) is 7.14. The van der Waals surface area contributed by atoms with Gasteiger partial charge in [-0.1, -0.05) is 0 Å². The Labute approximate surface area is 119 Å². The summed E-state index contributed by atoms with van der Waals surface area (Å²) in [6.07, 6.45) is 6.76. The van der Waals surface area contributed by atoms with Crippen LogP contribution in [0.4, 0.5) is 0 Å². The molecule has 2 aromatic heterocycles. The van der Waals surface area contributed by atoms with Gasteiger partial charge in [-0.25, -0.2) is 4.98 Å². The smallest absolute Gasteiger partial charge is 0.0958 e. The molecule has 3 nitrogen and oxygen atoms in total. The Hall–Kier alpha value is -0.650. The molecule has 2 N–H and O–H groups in total. The number of imidazole rings is 1. The third-order valence-electron chi connectivity index (χ3n) is 3.54. The Kier molecular flexibility index (Phi) is 3.54. The fourth-order valence-corrected chi connectivity index (χ4v) is 4.17. The first kappa shape index (κ1) is 12.4. The van der Waals surface area contributed by atoms with Gasteiger partial charge in [-0.2, -0.15) is 0 Å². The van der Waals surface area contributed by atoms with Crippen LogP contribution in [-0.2, 0) is 12.8 Å². The van der Waals surface area contributed by atoms with Crippen LogP contribution in [0.15, 0.2) is 22.2 Å². The normalized spacial score (nSPS) is 16.6. The van der Waals surface area contributed by atoms with Gasteiger partial charge < -0.3 is 10.3 Å². The average Bonchev–Trinajstić information content (AvgIpc) is 2.98. The number of aromatic nitrogens is 2. The zero-order chi connectivity index (χ0) is 12.5. The molecule has 0 aliphatic heterocycles. The number of fused-ring (bicyclic) bond motifs is 1. The minimum Gasteiger partial charge on any atom is -0.328 e. The molecule has 5 heteroatoms. The van der Waals surface area contributed by atoms with E-state index in [1.807, 2.05) is 6.33 Å². The van der Waals surface area contributed by atoms with Crippen LogP contribution in [0.1, 0.15) is 35.1 Å². The van der Waals surface area contributed by atoms with Gasteiger partial charge in [-0.15, -0.1) is 11.3 Å². The van der Waals surface area contributed by atoms with Gasteiger partial charge in [0.25, 0.3) is 0 Å². The van der Waals surface area contributed by atoms with E-state index in [0.717, 1.165) is 16.6 Å². The molecular weight excluding hydrogens is 310 g/mol. The highest BCUT2D eigenvalue weighted by Gasteiger charge is 2.21. The number of halogens is 1. The van der Waals surface area contributed by atoms with Crippen molar-refractivity contribution in [1.29, 1.82) is 0 Å². The summed E-state index contributed by atoms with van der Waals surface area (Å²) in [4.78, 5) is 5.86. The fourth-order valence-electron chi connectivity index (χ4n) is 2.63. The highest BCUT2D eigenvalue weighted by Crippen LogP contribution is 2.31. The molecule has 0 amide bonds. The minimum absolute atomic E-state index is 0.232. The molecule has 1 atom stereocenters. The van der Waals surface area contributed by atoms with Crippen molar-refractivity contribution >= 4 is 27.3 Å². The number of nitrogens with two attached hydrogens (primary N) is 1. The maximum atomic E-state index is 5.98. The Morgan fingerprint density at radius 1 is 1.39 bits per heavy atom. The van der Waals surface area contributed by atoms with E-state index >= 15 is 0 Å². The summed E-state index contributed by atoms with van der Waals surface area (Å²) in [7, 11) is 0. The van der Waals surface area contributed by atoms with E-state index < -0.39 is 0 Å². The molecule has 2 heterocycles. The number of rotatable bonds is 3. The Morgan fingerprint density at radius 3 is 2.94 bits per heavy atom. The van der Waals surface area contributed by atoms with E-state index in [1.54, 1.807) is 11.3 Å². The molecule has 0 radical (unpaired) electrons. The lowest BCUT2D eigenvalue weighted by Crippen LogP contribution is -2.21. The highest BCUT2D eigenvalue weighted by atomic mass is 79.9. The van der Waals surface area contributed by atoms with E-state index in [0.29, 0.717) is 6.54 Å². The second-order valence-electron chi connectivity index (χ2n) is 4.65. The van der Waals surface area contributed by atoms with Crippen LogP contribution >= 0.6 is 27.3 Å². The van der Waals surface area contributed by atoms with E-state index in [2.05, 4.69) is 37.6 Å². The van der Waals surface area contributed by atoms with Crippen molar-refractivity contribution in [2.75, 3.05) is 6.54 Å². The third kappa shape index (κ3) is 2.15. The van der Waals surface area contributed by atoms with Crippen molar-refractivity contribution < 1.29 is 0 Å². The fraction of sp³-hybridized carbons (Fsp3) is 0.462. The molecule has 2 aromatic rings. The Balaban J connectivity index is 1.99. The summed E-state index contributed by atoms with van der Waals surface area (Å²) in [6.45, 7) is 0.621. The highest BCUT2D eigenvalue weighted by molar-refractivity contribution is 9.11. The summed E-state index contributed by atoms with van der Waals surface area (Å²) in [5.41, 5.74) is 8.64. The number of aryl methyl sites for hydroxylation is 1. The zero-order valence-electron chi connectivity index (χ0n) is 10.1. The molecule has 0 saturated carbocycles. The van der Waals surface area contributed by atoms with E-state index in [-0.39, 0.29) is 6.04 Å². The number of nitrogens with zero attached hydrogens (tertiary/aromatic N) is 2. The minimum atomic E-state index is 0.232. The lowest BCUT2D eigenvalue weighted by molar-refractivity contribution is 0.553. The van der Waals surface area contributed by atoms with Gasteiger partial charge >= 0.3 is 0 Å². The molecule has 18 heavy (non-hydrogen) atoms. The predicted molar refractivity (Wildman–Crippen MR) is 78.1 cm³/mol. The molecule has 0 bridgehead atoms. The molecule has 1 aliphatic carbocycles. The van der Waals surface area contributed by atoms with Crippen LogP contribution in [0, 0.1) is 0 Å². The van der Waals surface area contributed by atoms with Crippen LogP contribution in [-0.4, -0.2) is 16.1 Å². The third-order valence-corrected chi connectivity index (χ3v) is 5.27. The lowest BCUT2D eigenvalue weighted by atomic mass is 10.0. The standard InChI is InChI=1S/C13H16BrN3S/c14-13-6-5-12(18-13)11(7-15)17-8-16-9-3-1-2-4-10(9)17/h5-6,8,11H,1-4,7,15H2. The zero-order valence-corrected chi connectivity index (χ0v) is 12.5. The largest absolute Gasteiger partial charge is 0.328 e. The van der Waals surface area contributed by atoms with Crippen molar-refractivity contribution in [2.24, 2.45) is 5.73 Å². The predicted octanol–water partition coefficient (Wildman–Crippen LogP) is 3.13. The van der Waals surface area contributed by atoms with Gasteiger partial charge in [0.05, 0.1) is 21.8 Å². The second kappa shape index (κ2) is 5.15. The molecule has 0 spiro atoms. The van der Waals surface area contributed by atoms with Gasteiger partial charge in [0.2, 0.25) is 0 Å². The van der Waals surface area contributed by atoms with Gasteiger partial charge in [0.15, 0.2) is 0 Å². The Bertz CT molecular complexity index is 546. The maximum Gasteiger partial charge on any atom is 0.0958 e. The summed E-state index contributed by atoms with van der Waals surface area (Å²) in [5, 5.41) is 0. The van der Waals surface area contributed by atoms with Crippen LogP contribution in [0.25, 0.3) is 0 Å². The molecule has 1 unspecified atom stereocenters. The van der Waals surface area contributed by atoms with Gasteiger partial charge in [-0.05, 0) is 53.7 Å². The molecule has 1 aliphatic rings. The van der Waals surface area contributed by atoms with Gasteiger partial charge in [-0.3, -0.25) is 0 Å². The monoisotopic (exact) mass is 325 g/mol. The number of hydrogen-bond donors (Lipinski definition) is 1. The first-order valence-corrected chi connectivity index (χ1v) is 7.90. The summed E-state index contributed by atoms with van der Waals surface area (Å²) in [5.74, 6) is 0. The van der Waals surface area contributed by atoms with Crippen LogP contribution in [0.5, 0.6) is 0 Å². The summed E-state index contributed by atoms with van der Waals surface area (Å²) < 4.78 is 3.44. The molecule has 0 saturated heterocycles. The maximum absolute atomic E-state index is 5.98. The van der Waals surface area contributed by atoms with E-state index in [9.17, 15) is 0 Å². The SMILES string of the molecule is NCC(c1ccc(Br)s1)n1cnc2c1CCCC2. The van der Waals surface area contributed by atoms with E-state index in [1.165, 1.54) is 29.1 Å². The quantitative estimate of drug-likeness (QED) is 0.942. The first-order valence-electron chi connectivity index (χ1n) is 6.29. The van der Waals surface area contributed by atoms with Crippen molar-refractivity contribution in [3.05, 3.63) is 38.5 Å². The van der Waals surface area contributed by atoms with Crippen molar-refractivity contribution in [3.8, 4) is 0 Å². The Morgan fingerprint density at radius 2 is 2.22 bits per heavy atom. The van der Waals surface area contributed by atoms with Gasteiger partial charge in [0, 0.05) is 17.1 Å². The summed E-state index contributed by atoms with van der Waals surface area (Å²) >= 11 is 5.28. The van der Waals surface area contributed by atoms with Gasteiger partial charge in [0.1, 0.15) is 0 Å². The summed E-state index contributed by atoms with van der Waals surface area (Å²) in [6, 6.07) is 4.48. The number of hydrogen-bond acceptors (Lipinski definition) is 3. The van der Waals surface area contributed by atoms with Crippen LogP contribution < -0.4 is 5.73 Å². The lowest BCUT2D eigenvalue weighted by Gasteiger charge is -2.20. The van der Waals surface area contributed by atoms with E-state index in [4.69, 9.17) is 5.73 Å². The first-order chi connectivity index (χ1) is 8.79. The van der Waals surface area contributed by atoms with Crippen molar-refractivity contribution in [2.45, 2.75) is 31.7 Å². The number of thiophene rings is 1. The molecule has 96 valence electrons. The topological polar surface area (TPSA) is 43.8 Å². The molecular formula is C13H16BrN3S. The van der Waals surface area contributed by atoms with Crippen molar-refractivity contribution in [1.82, 2.24) is 9.55 Å². The molecule has 0 fully saturated rings. The van der Waals surface area contributed by atoms with Crippen molar-refractivity contribution in [3.63, 3.8) is 0 Å².